The van der Waals surface area contributed by atoms with Crippen molar-refractivity contribution >= 4 is 22.6 Å². The molecule has 0 unspecified atom stereocenters. The maximum atomic E-state index is 14.0. The number of para-hydroxylation sites is 1. The number of halogens is 1. The van der Waals surface area contributed by atoms with Crippen molar-refractivity contribution in [3.8, 4) is 0 Å². The van der Waals surface area contributed by atoms with Crippen LogP contribution in [0, 0.1) is 19.7 Å². The fraction of sp³-hybridized carbons (Fsp3) is 0.350. The number of piperazine rings is 1. The summed E-state index contributed by atoms with van der Waals surface area (Å²) < 4.78 is 15.7. The van der Waals surface area contributed by atoms with Crippen molar-refractivity contribution in [1.29, 1.82) is 0 Å². The topological polar surface area (TPSA) is 54.3 Å². The standard InChI is InChI=1S/C20H22FN5O/c1-13-12-15(18-14(2)23-24(3)19(18)22-13)20(27)26-10-8-25(9-11-26)17-7-5-4-6-16(17)21/h4-7,12H,8-11H2,1-3H3. The van der Waals surface area contributed by atoms with Crippen molar-refractivity contribution in [1.82, 2.24) is 19.7 Å². The number of hydrogen-bond donors (Lipinski definition) is 0. The summed E-state index contributed by atoms with van der Waals surface area (Å²) in [6.07, 6.45) is 0. The molecule has 0 spiro atoms. The Morgan fingerprint density at radius 2 is 1.81 bits per heavy atom. The van der Waals surface area contributed by atoms with Crippen LogP contribution in [0.3, 0.4) is 0 Å². The Bertz CT molecular complexity index is 1020. The second-order valence-corrected chi connectivity index (χ2v) is 6.95. The van der Waals surface area contributed by atoms with E-state index in [9.17, 15) is 9.18 Å². The number of hydrogen-bond acceptors (Lipinski definition) is 4. The predicted molar refractivity (Wildman–Crippen MR) is 102 cm³/mol. The Morgan fingerprint density at radius 3 is 2.52 bits per heavy atom. The zero-order valence-electron chi connectivity index (χ0n) is 15.7. The number of amides is 1. The zero-order chi connectivity index (χ0) is 19.1. The molecule has 7 heteroatoms. The van der Waals surface area contributed by atoms with Crippen molar-refractivity contribution in [3.05, 3.63) is 53.1 Å². The first kappa shape index (κ1) is 17.5. The number of anilines is 1. The van der Waals surface area contributed by atoms with Gasteiger partial charge in [-0.1, -0.05) is 12.1 Å². The molecule has 0 saturated carbocycles. The Labute approximate surface area is 157 Å². The van der Waals surface area contributed by atoms with E-state index in [1.165, 1.54) is 6.07 Å². The third kappa shape index (κ3) is 3.03. The fourth-order valence-electron chi connectivity index (χ4n) is 3.77. The summed E-state index contributed by atoms with van der Waals surface area (Å²) in [5.74, 6) is -0.246. The first-order valence-electron chi connectivity index (χ1n) is 9.05. The molecule has 0 N–H and O–H groups in total. The number of pyridine rings is 1. The highest BCUT2D eigenvalue weighted by atomic mass is 19.1. The molecular formula is C20H22FN5O. The molecule has 1 aliphatic heterocycles. The number of rotatable bonds is 2. The molecule has 3 heterocycles. The smallest absolute Gasteiger partial charge is 0.254 e. The van der Waals surface area contributed by atoms with E-state index in [0.717, 1.165) is 22.4 Å². The second kappa shape index (κ2) is 6.64. The lowest BCUT2D eigenvalue weighted by atomic mass is 10.1. The molecule has 0 bridgehead atoms. The molecule has 0 radical (unpaired) electrons. The van der Waals surface area contributed by atoms with Gasteiger partial charge >= 0.3 is 0 Å². The Hall–Kier alpha value is -2.96. The van der Waals surface area contributed by atoms with Crippen LogP contribution < -0.4 is 4.90 Å². The lowest BCUT2D eigenvalue weighted by Crippen LogP contribution is -2.49. The number of nitrogens with zero attached hydrogens (tertiary/aromatic N) is 5. The van der Waals surface area contributed by atoms with Crippen molar-refractivity contribution in [3.63, 3.8) is 0 Å². The molecular weight excluding hydrogens is 345 g/mol. The van der Waals surface area contributed by atoms with E-state index in [0.29, 0.717) is 37.4 Å². The molecule has 0 atom stereocenters. The van der Waals surface area contributed by atoms with Gasteiger partial charge in [-0.05, 0) is 32.0 Å². The molecule has 1 saturated heterocycles. The molecule has 4 rings (SSSR count). The van der Waals surface area contributed by atoms with Crippen molar-refractivity contribution < 1.29 is 9.18 Å². The van der Waals surface area contributed by atoms with Gasteiger partial charge in [0.05, 0.1) is 22.3 Å². The summed E-state index contributed by atoms with van der Waals surface area (Å²) in [4.78, 5) is 21.6. The average molecular weight is 367 g/mol. The summed E-state index contributed by atoms with van der Waals surface area (Å²) in [6.45, 7) is 6.09. The van der Waals surface area contributed by atoms with Crippen molar-refractivity contribution in [2.45, 2.75) is 13.8 Å². The molecule has 2 aromatic heterocycles. The van der Waals surface area contributed by atoms with Gasteiger partial charge in [0.2, 0.25) is 0 Å². The van der Waals surface area contributed by atoms with Crippen molar-refractivity contribution in [2.75, 3.05) is 31.1 Å². The normalized spacial score (nSPS) is 14.8. The third-order valence-electron chi connectivity index (χ3n) is 5.09. The number of aryl methyl sites for hydroxylation is 3. The van der Waals surface area contributed by atoms with E-state index >= 15 is 0 Å². The summed E-state index contributed by atoms with van der Waals surface area (Å²) >= 11 is 0. The second-order valence-electron chi connectivity index (χ2n) is 6.95. The number of carbonyl (C=O) groups excluding carboxylic acids is 1. The van der Waals surface area contributed by atoms with Gasteiger partial charge in [0, 0.05) is 38.9 Å². The highest BCUT2D eigenvalue weighted by Gasteiger charge is 2.26. The third-order valence-corrected chi connectivity index (χ3v) is 5.09. The van der Waals surface area contributed by atoms with Gasteiger partial charge < -0.3 is 9.80 Å². The minimum atomic E-state index is -0.227. The van der Waals surface area contributed by atoms with E-state index in [1.807, 2.05) is 42.8 Å². The lowest BCUT2D eigenvalue weighted by Gasteiger charge is -2.36. The van der Waals surface area contributed by atoms with Gasteiger partial charge in [-0.15, -0.1) is 0 Å². The van der Waals surface area contributed by atoms with Gasteiger partial charge in [-0.3, -0.25) is 9.48 Å². The van der Waals surface area contributed by atoms with Gasteiger partial charge in [-0.25, -0.2) is 9.37 Å². The number of aromatic nitrogens is 3. The average Bonchev–Trinajstić information content (AvgIpc) is 2.95. The van der Waals surface area contributed by atoms with Crippen LogP contribution in [-0.4, -0.2) is 51.8 Å². The van der Waals surface area contributed by atoms with Crippen LogP contribution in [-0.2, 0) is 7.05 Å². The zero-order valence-corrected chi connectivity index (χ0v) is 15.7. The molecule has 140 valence electrons. The van der Waals surface area contributed by atoms with E-state index in [2.05, 4.69) is 10.1 Å². The highest BCUT2D eigenvalue weighted by molar-refractivity contribution is 6.06. The maximum Gasteiger partial charge on any atom is 0.254 e. The van der Waals surface area contributed by atoms with Crippen LogP contribution in [0.15, 0.2) is 30.3 Å². The molecule has 0 aliphatic carbocycles. The summed E-state index contributed by atoms with van der Waals surface area (Å²) in [6, 6.07) is 8.60. The van der Waals surface area contributed by atoms with Crippen LogP contribution in [0.2, 0.25) is 0 Å². The molecule has 3 aromatic rings. The molecule has 1 aliphatic rings. The quantitative estimate of drug-likeness (QED) is 0.699. The van der Waals surface area contributed by atoms with Crippen LogP contribution in [0.1, 0.15) is 21.7 Å². The largest absolute Gasteiger partial charge is 0.366 e. The van der Waals surface area contributed by atoms with E-state index < -0.39 is 0 Å². The Kier molecular flexibility index (Phi) is 4.30. The van der Waals surface area contributed by atoms with Gasteiger partial charge in [0.15, 0.2) is 5.65 Å². The minimum Gasteiger partial charge on any atom is -0.366 e. The Morgan fingerprint density at radius 1 is 1.11 bits per heavy atom. The number of carbonyl (C=O) groups is 1. The monoisotopic (exact) mass is 367 g/mol. The van der Waals surface area contributed by atoms with E-state index in [4.69, 9.17) is 0 Å². The van der Waals surface area contributed by atoms with Crippen molar-refractivity contribution in [2.24, 2.45) is 7.05 Å². The Balaban J connectivity index is 1.59. The highest BCUT2D eigenvalue weighted by Crippen LogP contribution is 2.25. The number of benzene rings is 1. The lowest BCUT2D eigenvalue weighted by molar-refractivity contribution is 0.0748. The summed E-state index contributed by atoms with van der Waals surface area (Å²) in [5.41, 5.74) is 3.55. The SMILES string of the molecule is Cc1cc(C(=O)N2CCN(c3ccccc3F)CC2)c2c(C)nn(C)c2n1. The first-order valence-corrected chi connectivity index (χ1v) is 9.05. The predicted octanol–water partition coefficient (Wildman–Crippen LogP) is 2.69. The number of fused-ring (bicyclic) bond motifs is 1. The van der Waals surface area contributed by atoms with Crippen LogP contribution in [0.25, 0.3) is 11.0 Å². The molecule has 1 amide bonds. The summed E-state index contributed by atoms with van der Waals surface area (Å²) in [7, 11) is 1.84. The van der Waals surface area contributed by atoms with Crippen LogP contribution >= 0.6 is 0 Å². The minimum absolute atomic E-state index is 0.0187. The summed E-state index contributed by atoms with van der Waals surface area (Å²) in [5, 5.41) is 5.22. The van der Waals surface area contributed by atoms with Gasteiger partial charge in [-0.2, -0.15) is 5.10 Å². The first-order chi connectivity index (χ1) is 13.0. The van der Waals surface area contributed by atoms with E-state index in [1.54, 1.807) is 16.8 Å². The molecule has 1 aromatic carbocycles. The molecule has 27 heavy (non-hydrogen) atoms. The molecule has 6 nitrogen and oxygen atoms in total. The fourth-order valence-corrected chi connectivity index (χ4v) is 3.77. The van der Waals surface area contributed by atoms with Gasteiger partial charge in [0.25, 0.3) is 5.91 Å². The van der Waals surface area contributed by atoms with Gasteiger partial charge in [0.1, 0.15) is 5.82 Å². The van der Waals surface area contributed by atoms with Crippen LogP contribution in [0.4, 0.5) is 10.1 Å². The van der Waals surface area contributed by atoms with Crippen LogP contribution in [0.5, 0.6) is 0 Å². The maximum absolute atomic E-state index is 14.0. The van der Waals surface area contributed by atoms with E-state index in [-0.39, 0.29) is 11.7 Å². The molecule has 1 fully saturated rings.